The Bertz CT molecular complexity index is 545. The molecule has 0 bridgehead atoms. The molecule has 0 saturated carbocycles. The van der Waals surface area contributed by atoms with Gasteiger partial charge in [-0.15, -0.1) is 0 Å². The Balaban J connectivity index is 2.28. The number of benzene rings is 2. The van der Waals surface area contributed by atoms with Crippen LogP contribution in [0.25, 0.3) is 0 Å². The van der Waals surface area contributed by atoms with E-state index in [2.05, 4.69) is 21.2 Å². The first-order valence-corrected chi connectivity index (χ1v) is 6.35. The molecular formula is C14H13BrFNO. The van der Waals surface area contributed by atoms with Gasteiger partial charge in [-0.25, -0.2) is 4.39 Å². The summed E-state index contributed by atoms with van der Waals surface area (Å²) >= 11 is 3.22. The zero-order valence-corrected chi connectivity index (χ0v) is 11.5. The molecule has 0 aliphatic carbocycles. The maximum Gasteiger partial charge on any atom is 0.166 e. The highest BCUT2D eigenvalue weighted by atomic mass is 79.9. The second kappa shape index (κ2) is 5.98. The van der Waals surface area contributed by atoms with Gasteiger partial charge in [0.25, 0.3) is 0 Å². The molecule has 0 radical (unpaired) electrons. The lowest BCUT2D eigenvalue weighted by Crippen LogP contribution is -2.06. The summed E-state index contributed by atoms with van der Waals surface area (Å²) in [6.45, 7) is 0.675. The van der Waals surface area contributed by atoms with Gasteiger partial charge in [0.2, 0.25) is 0 Å². The lowest BCUT2D eigenvalue weighted by atomic mass is 10.2. The van der Waals surface area contributed by atoms with Crippen LogP contribution in [0.3, 0.4) is 0 Å². The Morgan fingerprint density at radius 2 is 1.94 bits per heavy atom. The quantitative estimate of drug-likeness (QED) is 0.918. The summed E-state index contributed by atoms with van der Waals surface area (Å²) in [7, 11) is 1.86. The van der Waals surface area contributed by atoms with Gasteiger partial charge < -0.3 is 10.1 Å². The minimum Gasteiger partial charge on any atom is -0.454 e. The normalized spacial score (nSPS) is 10.4. The highest BCUT2D eigenvalue weighted by molar-refractivity contribution is 9.10. The van der Waals surface area contributed by atoms with Gasteiger partial charge in [-0.3, -0.25) is 0 Å². The molecule has 0 fully saturated rings. The number of hydrogen-bond donors (Lipinski definition) is 1. The van der Waals surface area contributed by atoms with E-state index in [4.69, 9.17) is 4.74 Å². The molecule has 94 valence electrons. The number of nitrogens with one attached hydrogen (secondary N) is 1. The van der Waals surface area contributed by atoms with Crippen molar-refractivity contribution in [3.63, 3.8) is 0 Å². The van der Waals surface area contributed by atoms with E-state index in [-0.39, 0.29) is 11.6 Å². The summed E-state index contributed by atoms with van der Waals surface area (Å²) in [5, 5.41) is 3.05. The first-order valence-electron chi connectivity index (χ1n) is 5.56. The van der Waals surface area contributed by atoms with E-state index in [1.807, 2.05) is 31.3 Å². The Kier molecular flexibility index (Phi) is 4.33. The van der Waals surface area contributed by atoms with Crippen LogP contribution in [-0.4, -0.2) is 7.05 Å². The van der Waals surface area contributed by atoms with Crippen LogP contribution in [-0.2, 0) is 6.54 Å². The largest absolute Gasteiger partial charge is 0.454 e. The van der Waals surface area contributed by atoms with Gasteiger partial charge in [0.05, 0.1) is 0 Å². The molecule has 0 aliphatic heterocycles. The van der Waals surface area contributed by atoms with Crippen LogP contribution in [0.2, 0.25) is 0 Å². The van der Waals surface area contributed by atoms with E-state index < -0.39 is 0 Å². The highest BCUT2D eigenvalue weighted by Gasteiger charge is 2.08. The molecular weight excluding hydrogens is 297 g/mol. The molecule has 0 amide bonds. The van der Waals surface area contributed by atoms with Gasteiger partial charge >= 0.3 is 0 Å². The summed E-state index contributed by atoms with van der Waals surface area (Å²) < 4.78 is 20.0. The first-order chi connectivity index (χ1) is 8.70. The fraction of sp³-hybridized carbons (Fsp3) is 0.143. The molecule has 4 heteroatoms. The Labute approximate surface area is 114 Å². The molecule has 2 aromatic rings. The standard InChI is InChI=1S/C14H13BrFNO/c1-17-9-10-4-2-3-5-13(10)18-14-7-6-11(15)8-12(14)16/h2-8,17H,9H2,1H3. The van der Waals surface area contributed by atoms with Crippen molar-refractivity contribution in [2.45, 2.75) is 6.54 Å². The summed E-state index contributed by atoms with van der Waals surface area (Å²) in [6, 6.07) is 12.3. The van der Waals surface area contributed by atoms with Crippen molar-refractivity contribution in [2.75, 3.05) is 7.05 Å². The van der Waals surface area contributed by atoms with E-state index in [1.165, 1.54) is 6.07 Å². The van der Waals surface area contributed by atoms with Crippen LogP contribution in [0.5, 0.6) is 11.5 Å². The lowest BCUT2D eigenvalue weighted by molar-refractivity contribution is 0.436. The molecule has 0 unspecified atom stereocenters. The number of hydrogen-bond acceptors (Lipinski definition) is 2. The molecule has 0 atom stereocenters. The van der Waals surface area contributed by atoms with Gasteiger partial charge in [0.15, 0.2) is 11.6 Å². The van der Waals surface area contributed by atoms with Crippen molar-refractivity contribution >= 4 is 15.9 Å². The average Bonchev–Trinajstić information content (AvgIpc) is 2.35. The number of rotatable bonds is 4. The summed E-state index contributed by atoms with van der Waals surface area (Å²) in [4.78, 5) is 0. The van der Waals surface area contributed by atoms with Crippen molar-refractivity contribution in [2.24, 2.45) is 0 Å². The Morgan fingerprint density at radius 1 is 1.17 bits per heavy atom. The van der Waals surface area contributed by atoms with Crippen molar-refractivity contribution in [1.29, 1.82) is 0 Å². The molecule has 0 saturated heterocycles. The SMILES string of the molecule is CNCc1ccccc1Oc1ccc(Br)cc1F. The van der Waals surface area contributed by atoms with E-state index in [1.54, 1.807) is 12.1 Å². The van der Waals surface area contributed by atoms with Crippen LogP contribution in [0.15, 0.2) is 46.9 Å². The van der Waals surface area contributed by atoms with E-state index in [9.17, 15) is 4.39 Å². The van der Waals surface area contributed by atoms with Crippen molar-refractivity contribution in [3.05, 3.63) is 58.3 Å². The second-order valence-electron chi connectivity index (χ2n) is 3.81. The molecule has 0 aliphatic rings. The van der Waals surface area contributed by atoms with E-state index in [0.29, 0.717) is 16.8 Å². The van der Waals surface area contributed by atoms with Gasteiger partial charge in [-0.05, 0) is 31.3 Å². The molecule has 18 heavy (non-hydrogen) atoms. The van der Waals surface area contributed by atoms with Crippen LogP contribution >= 0.6 is 15.9 Å². The fourth-order valence-electron chi connectivity index (χ4n) is 1.62. The van der Waals surface area contributed by atoms with Crippen molar-refractivity contribution in [1.82, 2.24) is 5.32 Å². The lowest BCUT2D eigenvalue weighted by Gasteiger charge is -2.11. The predicted molar refractivity (Wildman–Crippen MR) is 73.4 cm³/mol. The average molecular weight is 310 g/mol. The monoisotopic (exact) mass is 309 g/mol. The molecule has 0 aromatic heterocycles. The van der Waals surface area contributed by atoms with Crippen molar-refractivity contribution < 1.29 is 9.13 Å². The number of ether oxygens (including phenoxy) is 1. The Morgan fingerprint density at radius 3 is 2.67 bits per heavy atom. The molecule has 2 rings (SSSR count). The molecule has 1 N–H and O–H groups in total. The second-order valence-corrected chi connectivity index (χ2v) is 4.73. The highest BCUT2D eigenvalue weighted by Crippen LogP contribution is 2.28. The zero-order chi connectivity index (χ0) is 13.0. The number of halogens is 2. The zero-order valence-electron chi connectivity index (χ0n) is 9.91. The van der Waals surface area contributed by atoms with Gasteiger partial charge in [0.1, 0.15) is 5.75 Å². The van der Waals surface area contributed by atoms with Crippen LogP contribution in [0.1, 0.15) is 5.56 Å². The third kappa shape index (κ3) is 3.09. The molecule has 0 heterocycles. The fourth-order valence-corrected chi connectivity index (χ4v) is 1.95. The van der Waals surface area contributed by atoms with Gasteiger partial charge in [0, 0.05) is 16.6 Å². The smallest absolute Gasteiger partial charge is 0.166 e. The third-order valence-electron chi connectivity index (χ3n) is 2.45. The van der Waals surface area contributed by atoms with Crippen LogP contribution in [0, 0.1) is 5.82 Å². The van der Waals surface area contributed by atoms with Crippen LogP contribution < -0.4 is 10.1 Å². The summed E-state index contributed by atoms with van der Waals surface area (Å²) in [6.07, 6.45) is 0. The third-order valence-corrected chi connectivity index (χ3v) is 2.95. The van der Waals surface area contributed by atoms with Gasteiger partial charge in [-0.2, -0.15) is 0 Å². The minimum absolute atomic E-state index is 0.224. The topological polar surface area (TPSA) is 21.3 Å². The minimum atomic E-state index is -0.386. The maximum atomic E-state index is 13.7. The van der Waals surface area contributed by atoms with E-state index in [0.717, 1.165) is 5.56 Å². The summed E-state index contributed by atoms with van der Waals surface area (Å²) in [5.41, 5.74) is 0.988. The Hall–Kier alpha value is -1.39. The predicted octanol–water partition coefficient (Wildman–Crippen LogP) is 4.10. The number of para-hydroxylation sites is 1. The molecule has 2 nitrogen and oxygen atoms in total. The van der Waals surface area contributed by atoms with Gasteiger partial charge in [-0.1, -0.05) is 34.1 Å². The van der Waals surface area contributed by atoms with Crippen molar-refractivity contribution in [3.8, 4) is 11.5 Å². The molecule has 0 spiro atoms. The summed E-state index contributed by atoms with van der Waals surface area (Å²) in [5.74, 6) is 0.499. The first kappa shape index (κ1) is 13.1. The van der Waals surface area contributed by atoms with E-state index >= 15 is 0 Å². The van der Waals surface area contributed by atoms with Crippen LogP contribution in [0.4, 0.5) is 4.39 Å². The molecule has 2 aromatic carbocycles. The maximum absolute atomic E-state index is 13.7.